The molecule has 1 fully saturated rings. The first kappa shape index (κ1) is 27.4. The third-order valence-electron chi connectivity index (χ3n) is 7.35. The van der Waals surface area contributed by atoms with Crippen molar-refractivity contribution >= 4 is 23.2 Å². The molecule has 2 N–H and O–H groups in total. The molecular weight excluding hydrogens is 474 g/mol. The van der Waals surface area contributed by atoms with Gasteiger partial charge in [-0.1, -0.05) is 67.6 Å². The fourth-order valence-electron chi connectivity index (χ4n) is 5.25. The van der Waals surface area contributed by atoms with Crippen LogP contribution in [0, 0.1) is 5.92 Å². The zero-order valence-electron chi connectivity index (χ0n) is 22.5. The predicted molar refractivity (Wildman–Crippen MR) is 154 cm³/mol. The highest BCUT2D eigenvalue weighted by molar-refractivity contribution is 6.03. The predicted octanol–water partition coefficient (Wildman–Crippen LogP) is 5.65. The van der Waals surface area contributed by atoms with Gasteiger partial charge in [-0.05, 0) is 60.9 Å². The van der Waals surface area contributed by atoms with Crippen LogP contribution in [0.4, 0.5) is 11.4 Å². The highest BCUT2D eigenvalue weighted by atomic mass is 16.5. The van der Waals surface area contributed by atoms with Crippen molar-refractivity contribution in [3.8, 4) is 0 Å². The van der Waals surface area contributed by atoms with Gasteiger partial charge < -0.3 is 20.3 Å². The first-order valence-corrected chi connectivity index (χ1v) is 13.6. The number of anilines is 2. The van der Waals surface area contributed by atoms with Crippen molar-refractivity contribution < 1.29 is 14.3 Å². The summed E-state index contributed by atoms with van der Waals surface area (Å²) >= 11 is 0. The molecule has 0 spiro atoms. The molecule has 6 nitrogen and oxygen atoms in total. The van der Waals surface area contributed by atoms with E-state index in [0.29, 0.717) is 36.7 Å². The Morgan fingerprint density at radius 2 is 1.66 bits per heavy atom. The van der Waals surface area contributed by atoms with Crippen LogP contribution in [0.25, 0.3) is 0 Å². The highest BCUT2D eigenvalue weighted by Crippen LogP contribution is 2.31. The van der Waals surface area contributed by atoms with E-state index in [1.807, 2.05) is 55.5 Å². The number of rotatable bonds is 11. The Bertz CT molecular complexity index is 1180. The Balaban J connectivity index is 1.49. The second-order valence-electron chi connectivity index (χ2n) is 9.96. The molecule has 3 aromatic carbocycles. The van der Waals surface area contributed by atoms with E-state index in [0.717, 1.165) is 43.6 Å². The molecule has 0 saturated carbocycles. The maximum absolute atomic E-state index is 13.2. The van der Waals surface area contributed by atoms with Gasteiger partial charge in [0.2, 0.25) is 5.91 Å². The molecule has 1 atom stereocenters. The molecule has 3 aromatic rings. The number of piperidine rings is 1. The number of benzene rings is 3. The normalized spacial score (nSPS) is 14.6. The number of hydrogen-bond acceptors (Lipinski definition) is 4. The fraction of sp³-hybridized carbons (Fsp3) is 0.375. The molecule has 4 rings (SSSR count). The smallest absolute Gasteiger partial charge is 0.253 e. The summed E-state index contributed by atoms with van der Waals surface area (Å²) in [7, 11) is 1.62. The summed E-state index contributed by atoms with van der Waals surface area (Å²) in [5, 5.41) is 6.01. The van der Waals surface area contributed by atoms with E-state index in [4.69, 9.17) is 4.74 Å². The van der Waals surface area contributed by atoms with E-state index in [2.05, 4.69) is 45.9 Å². The van der Waals surface area contributed by atoms with Crippen LogP contribution in [-0.2, 0) is 16.0 Å². The van der Waals surface area contributed by atoms with Gasteiger partial charge in [-0.2, -0.15) is 0 Å². The monoisotopic (exact) mass is 513 g/mol. The summed E-state index contributed by atoms with van der Waals surface area (Å²) in [6.07, 6.45) is 3.93. The molecular formula is C32H39N3O3. The van der Waals surface area contributed by atoms with Gasteiger partial charge in [-0.3, -0.25) is 9.59 Å². The fourth-order valence-corrected chi connectivity index (χ4v) is 5.25. The molecule has 38 heavy (non-hydrogen) atoms. The topological polar surface area (TPSA) is 70.7 Å². The van der Waals surface area contributed by atoms with E-state index in [9.17, 15) is 9.59 Å². The number of methoxy groups -OCH3 is 1. The first-order chi connectivity index (χ1) is 18.6. The maximum Gasteiger partial charge on any atom is 0.253 e. The minimum atomic E-state index is -0.251. The molecule has 1 aliphatic heterocycles. The molecule has 1 saturated heterocycles. The van der Waals surface area contributed by atoms with Crippen LogP contribution in [-0.4, -0.2) is 45.2 Å². The minimum Gasteiger partial charge on any atom is -0.383 e. The van der Waals surface area contributed by atoms with Crippen molar-refractivity contribution in [1.82, 2.24) is 5.32 Å². The van der Waals surface area contributed by atoms with Gasteiger partial charge >= 0.3 is 0 Å². The van der Waals surface area contributed by atoms with Crippen LogP contribution < -0.4 is 15.5 Å². The van der Waals surface area contributed by atoms with Crippen LogP contribution in [0.15, 0.2) is 78.9 Å². The van der Waals surface area contributed by atoms with Crippen molar-refractivity contribution in [2.24, 2.45) is 5.92 Å². The lowest BCUT2D eigenvalue weighted by atomic mass is 9.89. The first-order valence-electron chi connectivity index (χ1n) is 13.6. The van der Waals surface area contributed by atoms with E-state index in [-0.39, 0.29) is 17.7 Å². The zero-order valence-corrected chi connectivity index (χ0v) is 22.5. The summed E-state index contributed by atoms with van der Waals surface area (Å²) in [5.74, 6) is 0.155. The molecule has 0 aromatic heterocycles. The lowest BCUT2D eigenvalue weighted by Gasteiger charge is -2.35. The number of carbonyl (C=O) groups is 2. The van der Waals surface area contributed by atoms with Gasteiger partial charge in [-0.25, -0.2) is 0 Å². The van der Waals surface area contributed by atoms with Crippen LogP contribution >= 0.6 is 0 Å². The number of nitrogens with zero attached hydrogens (tertiary/aromatic N) is 1. The summed E-state index contributed by atoms with van der Waals surface area (Å²) in [6, 6.07) is 26.2. The Morgan fingerprint density at radius 3 is 2.32 bits per heavy atom. The number of hydrogen-bond donors (Lipinski definition) is 2. The second-order valence-corrected chi connectivity index (χ2v) is 9.96. The Kier molecular flexibility index (Phi) is 9.93. The van der Waals surface area contributed by atoms with Crippen molar-refractivity contribution in [2.45, 2.75) is 38.5 Å². The minimum absolute atomic E-state index is 0.0704. The van der Waals surface area contributed by atoms with E-state index >= 15 is 0 Å². The van der Waals surface area contributed by atoms with Gasteiger partial charge in [0.25, 0.3) is 5.91 Å². The number of ether oxygens (including phenoxy) is 1. The molecule has 2 amide bonds. The van der Waals surface area contributed by atoms with Gasteiger partial charge in [0.15, 0.2) is 0 Å². The Labute approximate surface area is 226 Å². The van der Waals surface area contributed by atoms with Gasteiger partial charge in [0, 0.05) is 38.1 Å². The lowest BCUT2D eigenvalue weighted by Crippen LogP contribution is -2.36. The Hall–Kier alpha value is -3.64. The third kappa shape index (κ3) is 7.23. The molecule has 1 heterocycles. The van der Waals surface area contributed by atoms with Crippen LogP contribution in [0.3, 0.4) is 0 Å². The van der Waals surface area contributed by atoms with Crippen LogP contribution in [0.2, 0.25) is 0 Å². The molecule has 200 valence electrons. The number of carbonyl (C=O) groups excluding carboxylic acids is 2. The summed E-state index contributed by atoms with van der Waals surface area (Å²) in [6.45, 7) is 4.67. The van der Waals surface area contributed by atoms with Gasteiger partial charge in [-0.15, -0.1) is 0 Å². The van der Waals surface area contributed by atoms with E-state index < -0.39 is 0 Å². The summed E-state index contributed by atoms with van der Waals surface area (Å²) < 4.78 is 5.11. The highest BCUT2D eigenvalue weighted by Gasteiger charge is 2.25. The molecule has 1 unspecified atom stereocenters. The average molecular weight is 514 g/mol. The van der Waals surface area contributed by atoms with Crippen LogP contribution in [0.1, 0.15) is 53.6 Å². The number of amides is 2. The van der Waals surface area contributed by atoms with Gasteiger partial charge in [0.05, 0.1) is 18.1 Å². The van der Waals surface area contributed by atoms with Gasteiger partial charge in [0.1, 0.15) is 0 Å². The summed E-state index contributed by atoms with van der Waals surface area (Å²) in [5.41, 5.74) is 4.48. The number of nitrogens with one attached hydrogen (secondary N) is 2. The van der Waals surface area contributed by atoms with Crippen LogP contribution in [0.5, 0.6) is 0 Å². The average Bonchev–Trinajstić information content (AvgIpc) is 2.95. The molecule has 0 bridgehead atoms. The Morgan fingerprint density at radius 1 is 0.974 bits per heavy atom. The van der Waals surface area contributed by atoms with Crippen molar-refractivity contribution in [2.75, 3.05) is 43.6 Å². The zero-order chi connectivity index (χ0) is 26.7. The lowest BCUT2D eigenvalue weighted by molar-refractivity contribution is -0.117. The van der Waals surface area contributed by atoms with Crippen molar-refractivity contribution in [1.29, 1.82) is 0 Å². The maximum atomic E-state index is 13.2. The molecule has 0 aliphatic carbocycles. The standard InChI is InChI=1S/C32H39N3O3/c1-3-28(26-12-8-5-9-13-26)32(37)34-27-14-15-30(29(23-27)31(36)33-18-21-38-2)35-19-16-25(17-20-35)22-24-10-6-4-7-11-24/h4-15,23,25,28H,3,16-22H2,1-2H3,(H,33,36)(H,34,37). The van der Waals surface area contributed by atoms with Crippen molar-refractivity contribution in [3.05, 3.63) is 95.6 Å². The SMILES string of the molecule is CCC(C(=O)Nc1ccc(N2CCC(Cc3ccccc3)CC2)c(C(=O)NCCOC)c1)c1ccccc1. The molecule has 6 heteroatoms. The molecule has 1 aliphatic rings. The quantitative estimate of drug-likeness (QED) is 0.325. The third-order valence-corrected chi connectivity index (χ3v) is 7.35. The second kappa shape index (κ2) is 13.8. The largest absolute Gasteiger partial charge is 0.383 e. The molecule has 0 radical (unpaired) electrons. The van der Waals surface area contributed by atoms with E-state index in [1.54, 1.807) is 7.11 Å². The van der Waals surface area contributed by atoms with E-state index in [1.165, 1.54) is 5.56 Å². The van der Waals surface area contributed by atoms with Crippen molar-refractivity contribution in [3.63, 3.8) is 0 Å². The summed E-state index contributed by atoms with van der Waals surface area (Å²) in [4.78, 5) is 28.7.